The number of carbonyl (C=O) groups excluding carboxylic acids is 3. The van der Waals surface area contributed by atoms with E-state index in [1.807, 2.05) is 182 Å². The zero-order chi connectivity index (χ0) is 59.0. The van der Waals surface area contributed by atoms with E-state index in [-0.39, 0.29) is 29.0 Å². The summed E-state index contributed by atoms with van der Waals surface area (Å²) in [5.41, 5.74) is -3.28. The van der Waals surface area contributed by atoms with Gasteiger partial charge in [-0.15, -0.1) is 23.1 Å². The number of thiazole rings is 1. The molecule has 13 nitrogen and oxygen atoms in total. The molecule has 1 aromatic heterocycles. The maximum absolute atomic E-state index is 15.5. The van der Waals surface area contributed by atoms with Gasteiger partial charge in [-0.05, 0) is 39.5 Å². The van der Waals surface area contributed by atoms with Crippen LogP contribution in [-0.2, 0) is 49.4 Å². The van der Waals surface area contributed by atoms with Crippen LogP contribution in [0.25, 0.3) is 0 Å². The summed E-state index contributed by atoms with van der Waals surface area (Å²) < 4.78 is 74.5. The molecule has 1 unspecified atom stereocenters. The van der Waals surface area contributed by atoms with Crippen molar-refractivity contribution in [3.63, 3.8) is 0 Å². The van der Waals surface area contributed by atoms with E-state index in [0.29, 0.717) is 32.9 Å². The molecule has 0 saturated carbocycles. The van der Waals surface area contributed by atoms with Crippen molar-refractivity contribution >= 4 is 61.8 Å². The molecule has 426 valence electrons. The van der Waals surface area contributed by atoms with E-state index in [4.69, 9.17) is 19.7 Å². The molecular formula is C66H50F3N5O8S3. The molecule has 2 atom stereocenters. The average Bonchev–Trinajstić information content (AvgIpc) is 1.54. The Hall–Kier alpha value is -9.56. The number of nitrogens with one attached hydrogen (secondary N) is 2. The molecule has 2 aliphatic rings. The molecule has 0 spiro atoms. The summed E-state index contributed by atoms with van der Waals surface area (Å²) >= 11 is 2.25. The number of allylic oxidation sites excluding steroid dienone is 1. The van der Waals surface area contributed by atoms with Crippen LogP contribution < -0.4 is 10.6 Å². The van der Waals surface area contributed by atoms with Crippen molar-refractivity contribution in [2.45, 2.75) is 34.2 Å². The number of β-lactam (4-membered cyclic amide) rings is 1. The summed E-state index contributed by atoms with van der Waals surface area (Å²) in [5.74, 6) is -2.97. The topological polar surface area (TPSA) is 166 Å². The Morgan fingerprint density at radius 3 is 1.49 bits per heavy atom. The minimum atomic E-state index is -6.10. The molecule has 3 heterocycles. The number of oxime groups is 1. The monoisotopic (exact) mass is 1190 g/mol. The van der Waals surface area contributed by atoms with Crippen molar-refractivity contribution in [3.05, 3.63) is 322 Å². The van der Waals surface area contributed by atoms with Crippen LogP contribution in [0.2, 0.25) is 0 Å². The first-order chi connectivity index (χ1) is 41.3. The van der Waals surface area contributed by atoms with Gasteiger partial charge in [0.2, 0.25) is 5.60 Å². The summed E-state index contributed by atoms with van der Waals surface area (Å²) in [6.45, 7) is 0. The second-order valence-electron chi connectivity index (χ2n) is 19.5. The number of benzene rings is 8. The number of hydrogen-bond donors (Lipinski definition) is 2. The molecule has 2 N–H and O–H groups in total. The molecule has 1 fully saturated rings. The number of hydrogen-bond acceptors (Lipinski definition) is 13. The second kappa shape index (κ2) is 24.7. The number of rotatable bonds is 20. The number of nitrogens with zero attached hydrogens (tertiary/aromatic N) is 3. The van der Waals surface area contributed by atoms with Gasteiger partial charge >= 0.3 is 21.6 Å². The third-order valence-electron chi connectivity index (χ3n) is 14.3. The normalized spacial score (nSPS) is 15.6. The summed E-state index contributed by atoms with van der Waals surface area (Å²) in [6.07, 6.45) is 0.100. The van der Waals surface area contributed by atoms with E-state index in [1.54, 1.807) is 66.0 Å². The Labute approximate surface area is 496 Å². The van der Waals surface area contributed by atoms with Crippen molar-refractivity contribution in [1.82, 2.24) is 15.2 Å². The Morgan fingerprint density at radius 1 is 0.635 bits per heavy atom. The first kappa shape index (κ1) is 57.3. The minimum absolute atomic E-state index is 0.0642. The van der Waals surface area contributed by atoms with Crippen molar-refractivity contribution in [3.8, 4) is 0 Å². The Morgan fingerprint density at radius 2 is 1.06 bits per heavy atom. The standard InChI is InChI=1S/C66H50F3N5O8S3/c67-66(68,69)85(78,79)80-42-41-47-43-83-61-56(60(76)74(61)57(47)62(77)81-58(45-25-9-1-10-26-45)46-27-11-2-12-28-46)71-59(75)55(73-82-65(51-35-19-6-20-36-51,52-37-21-7-22-38-52)53-39-23-8-24-40-53)54-44-84-63(70-54)72-64(48-29-13-3-14-30-48,49-31-15-4-16-32-49)50-33-17-5-18-34-50/h1-42,44,56,58,61H,43H2,(H,70,72)(H,71,75)/t56?,61-/m0/s1. The van der Waals surface area contributed by atoms with Gasteiger partial charge in [-0.2, -0.15) is 21.6 Å². The highest BCUT2D eigenvalue weighted by Gasteiger charge is 2.55. The summed E-state index contributed by atoms with van der Waals surface area (Å²) in [4.78, 5) is 58.1. The third-order valence-corrected chi connectivity index (χ3v) is 17.3. The minimum Gasteiger partial charge on any atom is -0.448 e. The van der Waals surface area contributed by atoms with E-state index < -0.39 is 67.8 Å². The molecule has 0 radical (unpaired) electrons. The van der Waals surface area contributed by atoms with Gasteiger partial charge in [-0.1, -0.05) is 248 Å². The van der Waals surface area contributed by atoms with Crippen LogP contribution in [-0.4, -0.2) is 64.5 Å². The van der Waals surface area contributed by atoms with Gasteiger partial charge < -0.3 is 24.4 Å². The Balaban J connectivity index is 0.995. The first-order valence-electron chi connectivity index (χ1n) is 26.6. The molecule has 2 aliphatic heterocycles. The molecular weight excluding hydrogens is 1140 g/mol. The highest BCUT2D eigenvalue weighted by atomic mass is 32.2. The molecule has 1 saturated heterocycles. The fraction of sp³-hybridized carbons (Fsp3) is 0.106. The summed E-state index contributed by atoms with van der Waals surface area (Å²) in [6, 6.07) is 73.9. The number of amides is 2. The number of carbonyl (C=O) groups is 3. The van der Waals surface area contributed by atoms with Gasteiger partial charge in [0.1, 0.15) is 34.6 Å². The molecule has 2 amide bonds. The number of thioether (sulfide) groups is 1. The van der Waals surface area contributed by atoms with E-state index in [2.05, 4.69) is 14.8 Å². The SMILES string of the molecule is O=C(NC1C(=O)N2C(C(=O)OC(c3ccccc3)c3ccccc3)=C(C=COS(=O)(=O)C(F)(F)F)CS[C@@H]12)C(=NOC(c1ccccc1)(c1ccccc1)c1ccccc1)c1csc(NC(c2ccccc2)(c2ccccc2)c2ccccc2)n1. The van der Waals surface area contributed by atoms with Crippen LogP contribution in [0.4, 0.5) is 18.3 Å². The highest BCUT2D eigenvalue weighted by Crippen LogP contribution is 2.45. The van der Waals surface area contributed by atoms with Crippen LogP contribution in [0, 0.1) is 0 Å². The van der Waals surface area contributed by atoms with Crippen LogP contribution in [0.1, 0.15) is 56.3 Å². The number of fused-ring (bicyclic) bond motifs is 1. The Kier molecular flexibility index (Phi) is 16.7. The van der Waals surface area contributed by atoms with Crippen molar-refractivity contribution < 1.29 is 49.7 Å². The third kappa shape index (κ3) is 11.6. The van der Waals surface area contributed by atoms with Gasteiger partial charge in [0.25, 0.3) is 11.8 Å². The average molecular weight is 1190 g/mol. The molecule has 8 aromatic carbocycles. The number of anilines is 1. The largest absolute Gasteiger partial charge is 0.534 e. The summed E-state index contributed by atoms with van der Waals surface area (Å²) in [7, 11) is -6.10. The maximum atomic E-state index is 15.5. The number of alkyl halides is 3. The van der Waals surface area contributed by atoms with Gasteiger partial charge in [-0.25, -0.2) is 9.78 Å². The smallest absolute Gasteiger partial charge is 0.448 e. The molecule has 11 rings (SSSR count). The lowest BCUT2D eigenvalue weighted by atomic mass is 9.77. The lowest BCUT2D eigenvalue weighted by Crippen LogP contribution is -2.71. The van der Waals surface area contributed by atoms with Crippen LogP contribution in [0.5, 0.6) is 0 Å². The van der Waals surface area contributed by atoms with Crippen molar-refractivity contribution in [1.29, 1.82) is 0 Å². The summed E-state index contributed by atoms with van der Waals surface area (Å²) in [5, 5.41) is 12.4. The molecule has 0 bridgehead atoms. The first-order valence-corrected chi connectivity index (χ1v) is 29.9. The van der Waals surface area contributed by atoms with E-state index >= 15 is 4.79 Å². The van der Waals surface area contributed by atoms with E-state index in [1.165, 1.54) is 11.3 Å². The van der Waals surface area contributed by atoms with Gasteiger partial charge in [0.15, 0.2) is 16.9 Å². The zero-order valence-corrected chi connectivity index (χ0v) is 47.2. The number of halogens is 3. The van der Waals surface area contributed by atoms with Crippen molar-refractivity contribution in [2.24, 2.45) is 5.16 Å². The maximum Gasteiger partial charge on any atom is 0.534 e. The van der Waals surface area contributed by atoms with Crippen molar-refractivity contribution in [2.75, 3.05) is 11.1 Å². The fourth-order valence-electron chi connectivity index (χ4n) is 10.3. The lowest BCUT2D eigenvalue weighted by Gasteiger charge is -2.49. The quantitative estimate of drug-likeness (QED) is 0.0109. The van der Waals surface area contributed by atoms with Gasteiger partial charge in [0.05, 0.1) is 0 Å². The predicted molar refractivity (Wildman–Crippen MR) is 320 cm³/mol. The number of aromatic nitrogens is 1. The van der Waals surface area contributed by atoms with Gasteiger partial charge in [-0.3, -0.25) is 14.5 Å². The molecule has 85 heavy (non-hydrogen) atoms. The van der Waals surface area contributed by atoms with E-state index in [9.17, 15) is 31.2 Å². The van der Waals surface area contributed by atoms with Crippen LogP contribution in [0.3, 0.4) is 0 Å². The zero-order valence-electron chi connectivity index (χ0n) is 44.7. The molecule has 9 aromatic rings. The van der Waals surface area contributed by atoms with Crippen LogP contribution >= 0.6 is 23.1 Å². The second-order valence-corrected chi connectivity index (χ2v) is 23.0. The lowest BCUT2D eigenvalue weighted by molar-refractivity contribution is -0.154. The number of esters is 1. The number of ether oxygens (including phenoxy) is 1. The van der Waals surface area contributed by atoms with E-state index in [0.717, 1.165) is 39.4 Å². The molecule has 19 heteroatoms. The fourth-order valence-corrected chi connectivity index (χ4v) is 12.7. The molecule has 0 aliphatic carbocycles. The van der Waals surface area contributed by atoms with Crippen LogP contribution in [0.15, 0.2) is 277 Å². The predicted octanol–water partition coefficient (Wildman–Crippen LogP) is 12.6. The highest BCUT2D eigenvalue weighted by molar-refractivity contribution is 8.00. The Bertz CT molecular complexity index is 3790. The van der Waals surface area contributed by atoms with Gasteiger partial charge in [0, 0.05) is 27.8 Å².